The molecule has 1 aliphatic carbocycles. The lowest BCUT2D eigenvalue weighted by Crippen LogP contribution is -2.44. The van der Waals surface area contributed by atoms with Crippen molar-refractivity contribution in [3.63, 3.8) is 0 Å². The van der Waals surface area contributed by atoms with E-state index in [9.17, 15) is 0 Å². The van der Waals surface area contributed by atoms with E-state index < -0.39 is 0 Å². The van der Waals surface area contributed by atoms with Crippen molar-refractivity contribution < 1.29 is 9.47 Å². The Balaban J connectivity index is 1.84. The maximum atomic E-state index is 5.69. The first-order chi connectivity index (χ1) is 10.3. The molecule has 2 aliphatic rings. The maximum absolute atomic E-state index is 5.69. The summed E-state index contributed by atoms with van der Waals surface area (Å²) in [6.45, 7) is 3.32. The molecule has 1 N–H and O–H groups in total. The van der Waals surface area contributed by atoms with E-state index in [1.807, 2.05) is 11.3 Å². The molecule has 1 saturated heterocycles. The van der Waals surface area contributed by atoms with Crippen molar-refractivity contribution in [1.82, 2.24) is 10.3 Å². The van der Waals surface area contributed by atoms with Gasteiger partial charge < -0.3 is 14.8 Å². The molecule has 2 heterocycles. The van der Waals surface area contributed by atoms with Gasteiger partial charge in [0, 0.05) is 31.7 Å². The van der Waals surface area contributed by atoms with Crippen LogP contribution in [0.2, 0.25) is 0 Å². The Morgan fingerprint density at radius 1 is 1.24 bits per heavy atom. The third-order valence-corrected chi connectivity index (χ3v) is 5.95. The van der Waals surface area contributed by atoms with E-state index in [0.717, 1.165) is 52.0 Å². The SMILES string of the molecule is COCCNC1(c2nc3c(s2)CCCC3)CCCOCC1. The fraction of sp³-hybridized carbons (Fsp3) is 0.812. The van der Waals surface area contributed by atoms with Gasteiger partial charge in [0.25, 0.3) is 0 Å². The van der Waals surface area contributed by atoms with Crippen LogP contribution in [0.4, 0.5) is 0 Å². The van der Waals surface area contributed by atoms with Crippen molar-refractivity contribution in [2.24, 2.45) is 0 Å². The van der Waals surface area contributed by atoms with Crippen molar-refractivity contribution >= 4 is 11.3 Å². The lowest BCUT2D eigenvalue weighted by Gasteiger charge is -2.31. The minimum absolute atomic E-state index is 0.00294. The Hall–Kier alpha value is -0.490. The van der Waals surface area contributed by atoms with Crippen LogP contribution < -0.4 is 5.32 Å². The molecule has 1 fully saturated rings. The molecule has 3 rings (SSSR count). The molecule has 1 atom stereocenters. The van der Waals surface area contributed by atoms with E-state index >= 15 is 0 Å². The average molecular weight is 310 g/mol. The standard InChI is InChI=1S/C16H26N2O2S/c1-19-12-9-17-16(7-4-10-20-11-8-16)15-18-13-5-2-3-6-14(13)21-15/h17H,2-12H2,1H3. The quantitative estimate of drug-likeness (QED) is 0.849. The highest BCUT2D eigenvalue weighted by molar-refractivity contribution is 7.11. The number of aromatic nitrogens is 1. The summed E-state index contributed by atoms with van der Waals surface area (Å²) in [5.74, 6) is 0. The molecule has 1 aromatic heterocycles. The fourth-order valence-corrected chi connectivity index (χ4v) is 4.74. The average Bonchev–Trinajstić information content (AvgIpc) is 2.81. The lowest BCUT2D eigenvalue weighted by molar-refractivity contribution is 0.133. The summed E-state index contributed by atoms with van der Waals surface area (Å²) in [5.41, 5.74) is 1.36. The molecule has 5 heteroatoms. The fourth-order valence-electron chi connectivity index (χ4n) is 3.36. The zero-order valence-corrected chi connectivity index (χ0v) is 13.8. The summed E-state index contributed by atoms with van der Waals surface area (Å²) in [6, 6.07) is 0. The van der Waals surface area contributed by atoms with Crippen LogP contribution in [0, 0.1) is 0 Å². The molecule has 1 unspecified atom stereocenters. The molecule has 1 aromatic rings. The van der Waals surface area contributed by atoms with E-state index in [4.69, 9.17) is 14.5 Å². The van der Waals surface area contributed by atoms with E-state index in [1.54, 1.807) is 7.11 Å². The number of fused-ring (bicyclic) bond motifs is 1. The molecule has 4 nitrogen and oxygen atoms in total. The summed E-state index contributed by atoms with van der Waals surface area (Å²) in [4.78, 5) is 6.55. The normalized spacial score (nSPS) is 26.3. The molecular formula is C16H26N2O2S. The monoisotopic (exact) mass is 310 g/mol. The van der Waals surface area contributed by atoms with Gasteiger partial charge in [-0.05, 0) is 44.9 Å². The Kier molecular flexibility index (Phi) is 5.27. The highest BCUT2D eigenvalue weighted by atomic mass is 32.1. The molecule has 118 valence electrons. The topological polar surface area (TPSA) is 43.4 Å². The second-order valence-electron chi connectivity index (χ2n) is 6.06. The van der Waals surface area contributed by atoms with Gasteiger partial charge >= 0.3 is 0 Å². The van der Waals surface area contributed by atoms with E-state index in [-0.39, 0.29) is 5.54 Å². The van der Waals surface area contributed by atoms with Crippen LogP contribution in [-0.4, -0.2) is 38.5 Å². The van der Waals surface area contributed by atoms with Gasteiger partial charge in [-0.2, -0.15) is 0 Å². The van der Waals surface area contributed by atoms with Crippen LogP contribution >= 0.6 is 11.3 Å². The number of ether oxygens (including phenoxy) is 2. The number of aryl methyl sites for hydroxylation is 2. The number of methoxy groups -OCH3 is 1. The number of hydrogen-bond donors (Lipinski definition) is 1. The second kappa shape index (κ2) is 7.18. The zero-order valence-electron chi connectivity index (χ0n) is 13.0. The van der Waals surface area contributed by atoms with Crippen LogP contribution in [0.15, 0.2) is 0 Å². The molecule has 0 bridgehead atoms. The van der Waals surface area contributed by atoms with Crippen molar-refractivity contribution in [3.8, 4) is 0 Å². The lowest BCUT2D eigenvalue weighted by atomic mass is 9.91. The van der Waals surface area contributed by atoms with Gasteiger partial charge in [-0.25, -0.2) is 4.98 Å². The van der Waals surface area contributed by atoms with Crippen LogP contribution in [0.1, 0.15) is 47.7 Å². The Bertz CT molecular complexity index is 430. The molecule has 21 heavy (non-hydrogen) atoms. The number of hydrogen-bond acceptors (Lipinski definition) is 5. The first-order valence-corrected chi connectivity index (χ1v) is 8.96. The smallest absolute Gasteiger partial charge is 0.113 e. The summed E-state index contributed by atoms with van der Waals surface area (Å²) in [5, 5.41) is 5.03. The molecular weight excluding hydrogens is 284 g/mol. The molecule has 0 radical (unpaired) electrons. The summed E-state index contributed by atoms with van der Waals surface area (Å²) in [6.07, 6.45) is 8.23. The highest BCUT2D eigenvalue weighted by Crippen LogP contribution is 2.38. The van der Waals surface area contributed by atoms with Crippen LogP contribution in [0.3, 0.4) is 0 Å². The molecule has 0 spiro atoms. The summed E-state index contributed by atoms with van der Waals surface area (Å²) in [7, 11) is 1.76. The van der Waals surface area contributed by atoms with Gasteiger partial charge in [-0.1, -0.05) is 0 Å². The van der Waals surface area contributed by atoms with Gasteiger partial charge in [0.2, 0.25) is 0 Å². The van der Waals surface area contributed by atoms with Gasteiger partial charge in [0.05, 0.1) is 17.8 Å². The Morgan fingerprint density at radius 2 is 2.14 bits per heavy atom. The summed E-state index contributed by atoms with van der Waals surface area (Å²) < 4.78 is 10.9. The number of thiazole rings is 1. The minimum Gasteiger partial charge on any atom is -0.383 e. The summed E-state index contributed by atoms with van der Waals surface area (Å²) >= 11 is 1.94. The van der Waals surface area contributed by atoms with E-state index in [0.29, 0.717) is 0 Å². The number of nitrogens with zero attached hydrogens (tertiary/aromatic N) is 1. The van der Waals surface area contributed by atoms with Crippen LogP contribution in [0.25, 0.3) is 0 Å². The van der Waals surface area contributed by atoms with E-state index in [1.165, 1.54) is 34.8 Å². The second-order valence-corrected chi connectivity index (χ2v) is 7.15. The van der Waals surface area contributed by atoms with Crippen molar-refractivity contribution in [2.75, 3.05) is 33.5 Å². The van der Waals surface area contributed by atoms with Crippen molar-refractivity contribution in [2.45, 2.75) is 50.5 Å². The molecule has 1 aliphatic heterocycles. The third kappa shape index (κ3) is 3.47. The number of rotatable bonds is 5. The maximum Gasteiger partial charge on any atom is 0.113 e. The van der Waals surface area contributed by atoms with Gasteiger partial charge in [-0.15, -0.1) is 11.3 Å². The van der Waals surface area contributed by atoms with Gasteiger partial charge in [-0.3, -0.25) is 0 Å². The molecule has 0 aromatic carbocycles. The predicted molar refractivity (Wildman–Crippen MR) is 85.0 cm³/mol. The van der Waals surface area contributed by atoms with Crippen LogP contribution in [-0.2, 0) is 27.9 Å². The van der Waals surface area contributed by atoms with Gasteiger partial charge in [0.15, 0.2) is 0 Å². The third-order valence-electron chi connectivity index (χ3n) is 4.59. The molecule has 0 amide bonds. The van der Waals surface area contributed by atoms with Gasteiger partial charge in [0.1, 0.15) is 5.01 Å². The first-order valence-electron chi connectivity index (χ1n) is 8.15. The Morgan fingerprint density at radius 3 is 3.00 bits per heavy atom. The predicted octanol–water partition coefficient (Wildman–Crippen LogP) is 2.65. The van der Waals surface area contributed by atoms with Crippen molar-refractivity contribution in [3.05, 3.63) is 15.6 Å². The Labute approximate surface area is 131 Å². The van der Waals surface area contributed by atoms with E-state index in [2.05, 4.69) is 5.32 Å². The molecule has 0 saturated carbocycles. The largest absolute Gasteiger partial charge is 0.383 e. The van der Waals surface area contributed by atoms with Crippen LogP contribution in [0.5, 0.6) is 0 Å². The highest BCUT2D eigenvalue weighted by Gasteiger charge is 2.36. The van der Waals surface area contributed by atoms with Crippen molar-refractivity contribution in [1.29, 1.82) is 0 Å². The zero-order chi connectivity index (χ0) is 14.5. The first kappa shape index (κ1) is 15.4. The minimum atomic E-state index is -0.00294. The number of nitrogens with one attached hydrogen (secondary N) is 1.